The van der Waals surface area contributed by atoms with Crippen LogP contribution < -0.4 is 0 Å². The Labute approximate surface area is 200 Å². The number of ether oxygens (including phenoxy) is 2. The molecule has 0 aromatic heterocycles. The molecule has 0 fully saturated rings. The number of hydrogen-bond acceptors (Lipinski definition) is 5. The first kappa shape index (κ1) is 26.6. The molecule has 0 unspecified atom stereocenters. The zero-order valence-electron chi connectivity index (χ0n) is 19.6. The third kappa shape index (κ3) is 9.86. The molecule has 0 saturated carbocycles. The second-order valence-corrected chi connectivity index (χ2v) is 7.82. The van der Waals surface area contributed by atoms with Crippen LogP contribution in [0.1, 0.15) is 55.3 Å². The van der Waals surface area contributed by atoms with Gasteiger partial charge in [0, 0.05) is 6.08 Å². The quantitative estimate of drug-likeness (QED) is 0.160. The summed E-state index contributed by atoms with van der Waals surface area (Å²) < 4.78 is 9.82. The number of carboxylic acid groups (broad SMARTS) is 1. The fourth-order valence-electron chi connectivity index (χ4n) is 3.33. The van der Waals surface area contributed by atoms with E-state index in [4.69, 9.17) is 9.84 Å². The smallest absolute Gasteiger partial charge is 0.338 e. The van der Waals surface area contributed by atoms with E-state index in [0.29, 0.717) is 12.2 Å². The van der Waals surface area contributed by atoms with Crippen LogP contribution in [0.4, 0.5) is 0 Å². The van der Waals surface area contributed by atoms with Crippen LogP contribution in [-0.2, 0) is 19.1 Å². The number of unbranched alkanes of at least 4 members (excludes halogenated alkanes) is 6. The van der Waals surface area contributed by atoms with Gasteiger partial charge in [-0.3, -0.25) is 0 Å². The number of methoxy groups -OCH3 is 1. The van der Waals surface area contributed by atoms with E-state index >= 15 is 0 Å². The van der Waals surface area contributed by atoms with Crippen molar-refractivity contribution in [1.82, 2.24) is 0 Å². The van der Waals surface area contributed by atoms with Crippen molar-refractivity contribution in [3.8, 4) is 11.1 Å². The third-order valence-corrected chi connectivity index (χ3v) is 5.24. The molecule has 0 bridgehead atoms. The van der Waals surface area contributed by atoms with Gasteiger partial charge in [-0.05, 0) is 42.5 Å². The highest BCUT2D eigenvalue weighted by Gasteiger charge is 2.08. The lowest BCUT2D eigenvalue weighted by atomic mass is 10.0. The Bertz CT molecular complexity index is 974. The van der Waals surface area contributed by atoms with E-state index in [-0.39, 0.29) is 11.5 Å². The van der Waals surface area contributed by atoms with Gasteiger partial charge in [0.15, 0.2) is 0 Å². The second-order valence-electron chi connectivity index (χ2n) is 7.82. The SMILES string of the molecule is COC(=O)/C=C(/C=C/CCCCCCCCOC(=O)c1ccc(-c2ccccc2)cc1)C(=O)O. The average molecular weight is 465 g/mol. The van der Waals surface area contributed by atoms with Gasteiger partial charge in [0.05, 0.1) is 24.9 Å². The molecule has 0 heterocycles. The fraction of sp³-hybridized carbons (Fsp3) is 0.321. The van der Waals surface area contributed by atoms with Crippen molar-refractivity contribution in [3.05, 3.63) is 84.0 Å². The summed E-state index contributed by atoms with van der Waals surface area (Å²) in [6.07, 6.45) is 10.8. The van der Waals surface area contributed by atoms with Crippen molar-refractivity contribution < 1.29 is 29.0 Å². The van der Waals surface area contributed by atoms with Crippen LogP contribution in [0.15, 0.2) is 78.4 Å². The Kier molecular flexibility index (Phi) is 11.9. The Morgan fingerprint density at radius 3 is 2.09 bits per heavy atom. The summed E-state index contributed by atoms with van der Waals surface area (Å²) in [5, 5.41) is 9.06. The minimum Gasteiger partial charge on any atom is -0.478 e. The van der Waals surface area contributed by atoms with Crippen LogP contribution in [0.25, 0.3) is 11.1 Å². The number of carbonyl (C=O) groups excluding carboxylic acids is 2. The van der Waals surface area contributed by atoms with E-state index in [0.717, 1.165) is 62.1 Å². The third-order valence-electron chi connectivity index (χ3n) is 5.24. The van der Waals surface area contributed by atoms with Gasteiger partial charge >= 0.3 is 17.9 Å². The number of aliphatic carboxylic acids is 1. The molecule has 0 saturated heterocycles. The summed E-state index contributed by atoms with van der Waals surface area (Å²) >= 11 is 0. The lowest BCUT2D eigenvalue weighted by Gasteiger charge is -2.06. The molecule has 34 heavy (non-hydrogen) atoms. The standard InChI is InChI=1S/C28H32O6/c1-33-26(29)21-25(27(30)31)15-9-6-4-2-3-5-7-12-20-34-28(32)24-18-16-23(17-19-24)22-13-10-8-11-14-22/h8-11,13-19,21H,2-7,12,20H2,1H3,(H,30,31)/b15-9+,25-21-. The highest BCUT2D eigenvalue weighted by atomic mass is 16.5. The van der Waals surface area contributed by atoms with Crippen LogP contribution >= 0.6 is 0 Å². The average Bonchev–Trinajstić information content (AvgIpc) is 2.86. The molecule has 2 aromatic rings. The van der Waals surface area contributed by atoms with E-state index in [1.807, 2.05) is 42.5 Å². The maximum Gasteiger partial charge on any atom is 0.338 e. The molecule has 6 heteroatoms. The summed E-state index contributed by atoms with van der Waals surface area (Å²) in [6.45, 7) is 0.409. The Balaban J connectivity index is 1.55. The monoisotopic (exact) mass is 464 g/mol. The van der Waals surface area contributed by atoms with Crippen LogP contribution in [0, 0.1) is 0 Å². The number of benzene rings is 2. The van der Waals surface area contributed by atoms with E-state index in [9.17, 15) is 14.4 Å². The lowest BCUT2D eigenvalue weighted by Crippen LogP contribution is -2.06. The highest BCUT2D eigenvalue weighted by Crippen LogP contribution is 2.19. The minimum absolute atomic E-state index is 0.0893. The first-order valence-corrected chi connectivity index (χ1v) is 11.5. The van der Waals surface area contributed by atoms with Gasteiger partial charge in [0.25, 0.3) is 0 Å². The summed E-state index contributed by atoms with van der Waals surface area (Å²) in [5.41, 5.74) is 2.64. The summed E-state index contributed by atoms with van der Waals surface area (Å²) in [7, 11) is 1.21. The number of carboxylic acids is 1. The van der Waals surface area contributed by atoms with Crippen LogP contribution in [0.3, 0.4) is 0 Å². The molecule has 0 spiro atoms. The Morgan fingerprint density at radius 1 is 0.824 bits per heavy atom. The molecule has 0 aliphatic carbocycles. The predicted octanol–water partition coefficient (Wildman–Crippen LogP) is 5.98. The Morgan fingerprint density at radius 2 is 1.44 bits per heavy atom. The van der Waals surface area contributed by atoms with Crippen molar-refractivity contribution in [2.45, 2.75) is 44.9 Å². The number of allylic oxidation sites excluding steroid dienone is 1. The van der Waals surface area contributed by atoms with Gasteiger partial charge in [-0.2, -0.15) is 0 Å². The first-order valence-electron chi connectivity index (χ1n) is 11.5. The first-order chi connectivity index (χ1) is 16.5. The summed E-state index contributed by atoms with van der Waals surface area (Å²) in [6, 6.07) is 17.5. The van der Waals surface area contributed by atoms with Gasteiger partial charge in [0.1, 0.15) is 0 Å². The number of rotatable bonds is 14. The fourth-order valence-corrected chi connectivity index (χ4v) is 3.33. The van der Waals surface area contributed by atoms with Crippen LogP contribution in [-0.4, -0.2) is 36.7 Å². The van der Waals surface area contributed by atoms with Gasteiger partial charge < -0.3 is 14.6 Å². The molecule has 180 valence electrons. The summed E-state index contributed by atoms with van der Waals surface area (Å²) in [4.78, 5) is 34.4. The molecular weight excluding hydrogens is 432 g/mol. The predicted molar refractivity (Wildman–Crippen MR) is 131 cm³/mol. The van der Waals surface area contributed by atoms with E-state index in [2.05, 4.69) is 4.74 Å². The van der Waals surface area contributed by atoms with Gasteiger partial charge in [-0.15, -0.1) is 0 Å². The van der Waals surface area contributed by atoms with Crippen molar-refractivity contribution in [3.63, 3.8) is 0 Å². The lowest BCUT2D eigenvalue weighted by molar-refractivity contribution is -0.136. The minimum atomic E-state index is -1.16. The van der Waals surface area contributed by atoms with Crippen molar-refractivity contribution in [1.29, 1.82) is 0 Å². The van der Waals surface area contributed by atoms with Gasteiger partial charge in [-0.1, -0.05) is 80.3 Å². The normalized spacial score (nSPS) is 11.4. The van der Waals surface area contributed by atoms with E-state index < -0.39 is 11.9 Å². The zero-order valence-corrected chi connectivity index (χ0v) is 19.6. The maximum atomic E-state index is 12.2. The zero-order chi connectivity index (χ0) is 24.6. The Hall–Kier alpha value is -3.67. The van der Waals surface area contributed by atoms with Crippen molar-refractivity contribution in [2.24, 2.45) is 0 Å². The topological polar surface area (TPSA) is 89.9 Å². The molecule has 1 N–H and O–H groups in total. The van der Waals surface area contributed by atoms with E-state index in [1.165, 1.54) is 13.2 Å². The molecule has 0 amide bonds. The molecule has 0 aliphatic rings. The molecule has 6 nitrogen and oxygen atoms in total. The molecule has 2 aromatic carbocycles. The largest absolute Gasteiger partial charge is 0.478 e. The number of esters is 2. The van der Waals surface area contributed by atoms with Crippen LogP contribution in [0.5, 0.6) is 0 Å². The van der Waals surface area contributed by atoms with Crippen molar-refractivity contribution >= 4 is 17.9 Å². The van der Waals surface area contributed by atoms with Gasteiger partial charge in [0.2, 0.25) is 0 Å². The van der Waals surface area contributed by atoms with Crippen molar-refractivity contribution in [2.75, 3.05) is 13.7 Å². The summed E-state index contributed by atoms with van der Waals surface area (Å²) in [5.74, 6) is -2.14. The van der Waals surface area contributed by atoms with Crippen LogP contribution in [0.2, 0.25) is 0 Å². The van der Waals surface area contributed by atoms with Gasteiger partial charge in [-0.25, -0.2) is 14.4 Å². The molecular formula is C28H32O6. The highest BCUT2D eigenvalue weighted by molar-refractivity contribution is 5.97. The number of hydrogen-bond donors (Lipinski definition) is 1. The maximum absolute atomic E-state index is 12.2. The van der Waals surface area contributed by atoms with E-state index in [1.54, 1.807) is 18.2 Å². The molecule has 2 rings (SSSR count). The molecule has 0 atom stereocenters. The second kappa shape index (κ2) is 15.2. The molecule has 0 aliphatic heterocycles. The number of carbonyl (C=O) groups is 3. The molecule has 0 radical (unpaired) electrons.